The molecule has 0 saturated carbocycles. The Hall–Kier alpha value is -2.57. The SMILES string of the molecule is CCCOc1ccc(C(=O)O)cc1N1CCC(=O)NC1=O. The highest BCUT2D eigenvalue weighted by Crippen LogP contribution is 2.31. The molecule has 0 aliphatic carbocycles. The summed E-state index contributed by atoms with van der Waals surface area (Å²) >= 11 is 0. The number of benzene rings is 1. The minimum Gasteiger partial charge on any atom is -0.491 e. The van der Waals surface area contributed by atoms with Gasteiger partial charge in [-0.2, -0.15) is 0 Å². The van der Waals surface area contributed by atoms with Gasteiger partial charge in [-0.25, -0.2) is 9.59 Å². The maximum absolute atomic E-state index is 11.9. The lowest BCUT2D eigenvalue weighted by atomic mass is 10.1. The highest BCUT2D eigenvalue weighted by molar-refractivity contribution is 6.06. The summed E-state index contributed by atoms with van der Waals surface area (Å²) in [4.78, 5) is 35.5. The zero-order chi connectivity index (χ0) is 15.4. The molecule has 21 heavy (non-hydrogen) atoms. The number of anilines is 1. The molecule has 2 N–H and O–H groups in total. The van der Waals surface area contributed by atoms with E-state index < -0.39 is 12.0 Å². The second-order valence-corrected chi connectivity index (χ2v) is 4.59. The highest BCUT2D eigenvalue weighted by Gasteiger charge is 2.27. The van der Waals surface area contributed by atoms with Crippen molar-refractivity contribution in [1.29, 1.82) is 0 Å². The fraction of sp³-hybridized carbons (Fsp3) is 0.357. The molecule has 0 aromatic heterocycles. The summed E-state index contributed by atoms with van der Waals surface area (Å²) in [5.41, 5.74) is 0.409. The Morgan fingerprint density at radius 3 is 2.81 bits per heavy atom. The van der Waals surface area contributed by atoms with E-state index in [1.807, 2.05) is 6.92 Å². The number of rotatable bonds is 5. The standard InChI is InChI=1S/C14H16N2O5/c1-2-7-21-11-4-3-9(13(18)19)8-10(11)16-6-5-12(17)15-14(16)20/h3-4,8H,2,5-7H2,1H3,(H,18,19)(H,15,17,20). The van der Waals surface area contributed by atoms with E-state index in [4.69, 9.17) is 9.84 Å². The Kier molecular flexibility index (Phi) is 4.42. The summed E-state index contributed by atoms with van der Waals surface area (Å²) in [5.74, 6) is -1.01. The first-order chi connectivity index (χ1) is 10.0. The quantitative estimate of drug-likeness (QED) is 0.859. The molecule has 0 spiro atoms. The molecular formula is C14H16N2O5. The van der Waals surface area contributed by atoms with Gasteiger partial charge in [0.25, 0.3) is 0 Å². The first-order valence-corrected chi connectivity index (χ1v) is 6.64. The van der Waals surface area contributed by atoms with Crippen LogP contribution in [-0.2, 0) is 4.79 Å². The number of carbonyl (C=O) groups is 3. The van der Waals surface area contributed by atoms with Gasteiger partial charge in [0.05, 0.1) is 17.9 Å². The Morgan fingerprint density at radius 1 is 1.43 bits per heavy atom. The third kappa shape index (κ3) is 3.31. The predicted octanol–water partition coefficient (Wildman–Crippen LogP) is 1.62. The zero-order valence-corrected chi connectivity index (χ0v) is 11.6. The Morgan fingerprint density at radius 2 is 2.19 bits per heavy atom. The van der Waals surface area contributed by atoms with Gasteiger partial charge >= 0.3 is 12.0 Å². The van der Waals surface area contributed by atoms with Gasteiger partial charge in [0, 0.05) is 13.0 Å². The van der Waals surface area contributed by atoms with Gasteiger partial charge in [0.2, 0.25) is 5.91 Å². The number of nitrogens with zero attached hydrogens (tertiary/aromatic N) is 1. The number of amides is 3. The summed E-state index contributed by atoms with van der Waals surface area (Å²) in [6, 6.07) is 3.75. The molecule has 1 saturated heterocycles. The normalized spacial score (nSPS) is 14.8. The van der Waals surface area contributed by atoms with Crippen LogP contribution in [0, 0.1) is 0 Å². The monoisotopic (exact) mass is 292 g/mol. The van der Waals surface area contributed by atoms with Gasteiger partial charge in [-0.05, 0) is 24.6 Å². The fourth-order valence-corrected chi connectivity index (χ4v) is 1.99. The number of nitrogens with one attached hydrogen (secondary N) is 1. The van der Waals surface area contributed by atoms with Crippen LogP contribution in [0.4, 0.5) is 10.5 Å². The van der Waals surface area contributed by atoms with Crippen molar-refractivity contribution in [3.05, 3.63) is 23.8 Å². The summed E-state index contributed by atoms with van der Waals surface area (Å²) < 4.78 is 5.55. The Balaban J connectivity index is 2.37. The number of imide groups is 1. The van der Waals surface area contributed by atoms with Gasteiger partial charge in [0.15, 0.2) is 0 Å². The van der Waals surface area contributed by atoms with Crippen molar-refractivity contribution < 1.29 is 24.2 Å². The lowest BCUT2D eigenvalue weighted by Crippen LogP contribution is -2.49. The maximum Gasteiger partial charge on any atom is 0.335 e. The minimum atomic E-state index is -1.09. The maximum atomic E-state index is 11.9. The van der Waals surface area contributed by atoms with Crippen molar-refractivity contribution in [1.82, 2.24) is 5.32 Å². The van der Waals surface area contributed by atoms with Crippen molar-refractivity contribution >= 4 is 23.6 Å². The lowest BCUT2D eigenvalue weighted by Gasteiger charge is -2.28. The summed E-state index contributed by atoms with van der Waals surface area (Å²) in [5, 5.41) is 11.3. The van der Waals surface area contributed by atoms with E-state index in [0.717, 1.165) is 6.42 Å². The zero-order valence-electron chi connectivity index (χ0n) is 11.6. The van der Waals surface area contributed by atoms with Gasteiger partial charge in [-0.15, -0.1) is 0 Å². The van der Waals surface area contributed by atoms with E-state index in [1.165, 1.54) is 23.1 Å². The van der Waals surface area contributed by atoms with E-state index in [1.54, 1.807) is 0 Å². The van der Waals surface area contributed by atoms with E-state index in [-0.39, 0.29) is 24.4 Å². The van der Waals surface area contributed by atoms with Crippen LogP contribution < -0.4 is 15.0 Å². The average molecular weight is 292 g/mol. The van der Waals surface area contributed by atoms with Crippen LogP contribution >= 0.6 is 0 Å². The van der Waals surface area contributed by atoms with Gasteiger partial charge in [-0.3, -0.25) is 15.0 Å². The predicted molar refractivity (Wildman–Crippen MR) is 74.7 cm³/mol. The van der Waals surface area contributed by atoms with Crippen LogP contribution in [0.1, 0.15) is 30.1 Å². The third-order valence-corrected chi connectivity index (χ3v) is 3.01. The Bertz CT molecular complexity index is 585. The number of carboxylic acids is 1. The molecule has 7 heteroatoms. The van der Waals surface area contributed by atoms with Crippen LogP contribution in [0.3, 0.4) is 0 Å². The van der Waals surface area contributed by atoms with Gasteiger partial charge < -0.3 is 9.84 Å². The van der Waals surface area contributed by atoms with Crippen molar-refractivity contribution in [3.63, 3.8) is 0 Å². The molecule has 1 heterocycles. The molecule has 0 atom stereocenters. The molecule has 0 unspecified atom stereocenters. The molecule has 1 aromatic rings. The number of carboxylic acid groups (broad SMARTS) is 1. The summed E-state index contributed by atoms with van der Waals surface area (Å²) in [6.07, 6.45) is 0.945. The van der Waals surface area contributed by atoms with Crippen molar-refractivity contribution in [2.75, 3.05) is 18.1 Å². The molecule has 2 rings (SSSR count). The van der Waals surface area contributed by atoms with Crippen LogP contribution in [0.2, 0.25) is 0 Å². The summed E-state index contributed by atoms with van der Waals surface area (Å²) in [7, 11) is 0. The second-order valence-electron chi connectivity index (χ2n) is 4.59. The molecule has 1 aromatic carbocycles. The van der Waals surface area contributed by atoms with Crippen molar-refractivity contribution in [2.45, 2.75) is 19.8 Å². The molecular weight excluding hydrogens is 276 g/mol. The molecule has 112 valence electrons. The minimum absolute atomic E-state index is 0.0542. The van der Waals surface area contributed by atoms with Crippen LogP contribution in [0.25, 0.3) is 0 Å². The number of hydrogen-bond donors (Lipinski definition) is 2. The largest absolute Gasteiger partial charge is 0.491 e. The molecule has 1 aliphatic heterocycles. The molecule has 3 amide bonds. The fourth-order valence-electron chi connectivity index (χ4n) is 1.99. The number of urea groups is 1. The molecule has 0 bridgehead atoms. The van der Waals surface area contributed by atoms with E-state index >= 15 is 0 Å². The van der Waals surface area contributed by atoms with E-state index in [2.05, 4.69) is 5.32 Å². The molecule has 1 fully saturated rings. The first kappa shape index (κ1) is 14.8. The number of ether oxygens (including phenoxy) is 1. The molecule has 7 nitrogen and oxygen atoms in total. The van der Waals surface area contributed by atoms with E-state index in [9.17, 15) is 14.4 Å². The van der Waals surface area contributed by atoms with Crippen molar-refractivity contribution in [2.24, 2.45) is 0 Å². The summed E-state index contributed by atoms with van der Waals surface area (Å²) in [6.45, 7) is 2.58. The van der Waals surface area contributed by atoms with Gasteiger partial charge in [-0.1, -0.05) is 6.92 Å². The highest BCUT2D eigenvalue weighted by atomic mass is 16.5. The number of carbonyl (C=O) groups excluding carboxylic acids is 2. The van der Waals surface area contributed by atoms with Crippen LogP contribution in [0.15, 0.2) is 18.2 Å². The molecule has 0 radical (unpaired) electrons. The number of hydrogen-bond acceptors (Lipinski definition) is 4. The van der Waals surface area contributed by atoms with Crippen LogP contribution in [-0.4, -0.2) is 36.2 Å². The van der Waals surface area contributed by atoms with Gasteiger partial charge in [0.1, 0.15) is 5.75 Å². The average Bonchev–Trinajstić information content (AvgIpc) is 2.45. The first-order valence-electron chi connectivity index (χ1n) is 6.64. The Labute approximate surface area is 121 Å². The lowest BCUT2D eigenvalue weighted by molar-refractivity contribution is -0.120. The second kappa shape index (κ2) is 6.25. The third-order valence-electron chi connectivity index (χ3n) is 3.01. The van der Waals surface area contributed by atoms with Crippen molar-refractivity contribution in [3.8, 4) is 5.75 Å². The smallest absolute Gasteiger partial charge is 0.335 e. The number of aromatic carboxylic acids is 1. The molecule has 1 aliphatic rings. The van der Waals surface area contributed by atoms with E-state index in [0.29, 0.717) is 18.0 Å². The van der Waals surface area contributed by atoms with Crippen LogP contribution in [0.5, 0.6) is 5.75 Å². The topological polar surface area (TPSA) is 95.9 Å².